The highest BCUT2D eigenvalue weighted by Crippen LogP contribution is 2.22. The van der Waals surface area contributed by atoms with Gasteiger partial charge in [-0.1, -0.05) is 36.4 Å². The van der Waals surface area contributed by atoms with Crippen molar-refractivity contribution >= 4 is 11.6 Å². The predicted molar refractivity (Wildman–Crippen MR) is 86.5 cm³/mol. The molecule has 0 amide bonds. The van der Waals surface area contributed by atoms with Crippen LogP contribution >= 0.6 is 0 Å². The molecule has 3 rings (SSSR count). The predicted octanol–water partition coefficient (Wildman–Crippen LogP) is 4.26. The van der Waals surface area contributed by atoms with Crippen LogP contribution in [0.5, 0.6) is 0 Å². The molecule has 0 aliphatic carbocycles. The van der Waals surface area contributed by atoms with Gasteiger partial charge in [-0.2, -0.15) is 0 Å². The molecule has 2 heterocycles. The Morgan fingerprint density at radius 3 is 2.05 bits per heavy atom. The van der Waals surface area contributed by atoms with Crippen molar-refractivity contribution in [3.63, 3.8) is 0 Å². The minimum atomic E-state index is 0.884. The zero-order valence-electron chi connectivity index (χ0n) is 11.7. The van der Waals surface area contributed by atoms with Gasteiger partial charge in [-0.05, 0) is 52.9 Å². The molecule has 2 nitrogen and oxygen atoms in total. The molecular formula is C19H16N2. The molecule has 0 unspecified atom stereocenters. The molecule has 21 heavy (non-hydrogen) atoms. The van der Waals surface area contributed by atoms with E-state index < -0.39 is 0 Å². The second kappa shape index (κ2) is 6.62. The van der Waals surface area contributed by atoms with Gasteiger partial charge in [-0.3, -0.25) is 9.97 Å². The summed E-state index contributed by atoms with van der Waals surface area (Å²) in [6.45, 7) is 0. The molecule has 0 atom stereocenters. The van der Waals surface area contributed by atoms with Crippen LogP contribution in [0.25, 0.3) is 11.6 Å². The van der Waals surface area contributed by atoms with Crippen LogP contribution in [-0.4, -0.2) is 9.97 Å². The molecule has 2 aromatic heterocycles. The summed E-state index contributed by atoms with van der Waals surface area (Å²) >= 11 is 0. The summed E-state index contributed by atoms with van der Waals surface area (Å²) in [6.07, 6.45) is 10.4. The molecule has 2 heteroatoms. The Morgan fingerprint density at radius 2 is 1.38 bits per heavy atom. The van der Waals surface area contributed by atoms with Crippen molar-refractivity contribution in [1.29, 1.82) is 0 Å². The first kappa shape index (κ1) is 13.3. The van der Waals surface area contributed by atoms with E-state index in [0.717, 1.165) is 12.0 Å². The zero-order chi connectivity index (χ0) is 14.3. The van der Waals surface area contributed by atoms with Crippen molar-refractivity contribution in [1.82, 2.24) is 9.97 Å². The molecule has 3 aromatic rings. The fourth-order valence-electron chi connectivity index (χ4n) is 2.27. The third-order valence-electron chi connectivity index (χ3n) is 3.34. The van der Waals surface area contributed by atoms with Crippen LogP contribution in [0.3, 0.4) is 0 Å². The Balaban J connectivity index is 1.97. The summed E-state index contributed by atoms with van der Waals surface area (Å²) in [5.74, 6) is 0. The van der Waals surface area contributed by atoms with E-state index in [1.54, 1.807) is 0 Å². The van der Waals surface area contributed by atoms with Gasteiger partial charge in [0.2, 0.25) is 0 Å². The van der Waals surface area contributed by atoms with Gasteiger partial charge in [-0.15, -0.1) is 0 Å². The van der Waals surface area contributed by atoms with Crippen LogP contribution < -0.4 is 0 Å². The number of aromatic nitrogens is 2. The quantitative estimate of drug-likeness (QED) is 0.709. The van der Waals surface area contributed by atoms with Crippen molar-refractivity contribution in [2.24, 2.45) is 0 Å². The number of rotatable bonds is 4. The van der Waals surface area contributed by atoms with E-state index >= 15 is 0 Å². The lowest BCUT2D eigenvalue weighted by molar-refractivity contribution is 1.22. The number of hydrogen-bond acceptors (Lipinski definition) is 2. The van der Waals surface area contributed by atoms with Gasteiger partial charge >= 0.3 is 0 Å². The Morgan fingerprint density at radius 1 is 0.762 bits per heavy atom. The Labute approximate surface area is 124 Å². The molecule has 0 N–H and O–H groups in total. The van der Waals surface area contributed by atoms with E-state index in [0.29, 0.717) is 0 Å². The highest BCUT2D eigenvalue weighted by Gasteiger charge is 2.03. The number of pyridine rings is 2. The highest BCUT2D eigenvalue weighted by molar-refractivity contribution is 5.82. The fraction of sp³-hybridized carbons (Fsp3) is 0.0526. The molecule has 0 aliphatic heterocycles. The molecule has 0 saturated carbocycles. The van der Waals surface area contributed by atoms with E-state index in [4.69, 9.17) is 0 Å². The van der Waals surface area contributed by atoms with Crippen molar-refractivity contribution < 1.29 is 0 Å². The first-order valence-electron chi connectivity index (χ1n) is 6.97. The summed E-state index contributed by atoms with van der Waals surface area (Å²) in [6, 6.07) is 18.6. The first-order valence-corrected chi connectivity index (χ1v) is 6.97. The Bertz CT molecular complexity index is 704. The van der Waals surface area contributed by atoms with Crippen LogP contribution in [-0.2, 0) is 6.42 Å². The number of benzene rings is 1. The van der Waals surface area contributed by atoms with Crippen LogP contribution in [0.15, 0.2) is 79.4 Å². The first-order chi connectivity index (χ1) is 10.4. The van der Waals surface area contributed by atoms with Gasteiger partial charge in [-0.25, -0.2) is 0 Å². The third-order valence-corrected chi connectivity index (χ3v) is 3.34. The highest BCUT2D eigenvalue weighted by atomic mass is 14.6. The van der Waals surface area contributed by atoms with E-state index in [-0.39, 0.29) is 0 Å². The molecular weight excluding hydrogens is 256 g/mol. The third kappa shape index (κ3) is 3.63. The van der Waals surface area contributed by atoms with Gasteiger partial charge in [0.15, 0.2) is 0 Å². The summed E-state index contributed by atoms with van der Waals surface area (Å²) in [4.78, 5) is 8.15. The number of nitrogens with zero attached hydrogens (tertiary/aromatic N) is 2. The standard InChI is InChI=1S/C19H16N2/c1-2-4-18(5-3-1)19(14-16-6-10-20-11-7-16)15-17-8-12-21-13-9-17/h1-14H,15H2/b19-14-. The summed E-state index contributed by atoms with van der Waals surface area (Å²) < 4.78 is 0. The molecule has 0 saturated heterocycles. The van der Waals surface area contributed by atoms with Gasteiger partial charge in [0, 0.05) is 24.8 Å². The lowest BCUT2D eigenvalue weighted by Gasteiger charge is -2.08. The van der Waals surface area contributed by atoms with Gasteiger partial charge < -0.3 is 0 Å². The van der Waals surface area contributed by atoms with Gasteiger partial charge in [0.1, 0.15) is 0 Å². The Hall–Kier alpha value is -2.74. The second-order valence-electron chi connectivity index (χ2n) is 4.85. The van der Waals surface area contributed by atoms with E-state index in [9.17, 15) is 0 Å². The lowest BCUT2D eigenvalue weighted by atomic mass is 9.97. The van der Waals surface area contributed by atoms with Crippen LogP contribution in [0, 0.1) is 0 Å². The SMILES string of the molecule is C(=C(\Cc1ccncc1)c1ccccc1)/c1ccncc1. The monoisotopic (exact) mass is 272 g/mol. The van der Waals surface area contributed by atoms with Crippen molar-refractivity contribution in [3.8, 4) is 0 Å². The number of allylic oxidation sites excluding steroid dienone is 1. The number of hydrogen-bond donors (Lipinski definition) is 0. The van der Waals surface area contributed by atoms with Crippen molar-refractivity contribution in [3.05, 3.63) is 96.1 Å². The average molecular weight is 272 g/mol. The van der Waals surface area contributed by atoms with Gasteiger partial charge in [0.25, 0.3) is 0 Å². The van der Waals surface area contributed by atoms with E-state index in [1.165, 1.54) is 16.7 Å². The molecule has 1 aromatic carbocycles. The zero-order valence-corrected chi connectivity index (χ0v) is 11.7. The maximum absolute atomic E-state index is 4.08. The topological polar surface area (TPSA) is 25.8 Å². The molecule has 0 aliphatic rings. The Kier molecular flexibility index (Phi) is 4.18. The molecule has 102 valence electrons. The maximum Gasteiger partial charge on any atom is 0.0273 e. The molecule has 0 bridgehead atoms. The van der Waals surface area contributed by atoms with Crippen molar-refractivity contribution in [2.45, 2.75) is 6.42 Å². The normalized spacial score (nSPS) is 11.3. The lowest BCUT2D eigenvalue weighted by Crippen LogP contribution is -1.91. The second-order valence-corrected chi connectivity index (χ2v) is 4.85. The summed E-state index contributed by atoms with van der Waals surface area (Å²) in [5.41, 5.74) is 4.95. The minimum Gasteiger partial charge on any atom is -0.265 e. The maximum atomic E-state index is 4.08. The summed E-state index contributed by atoms with van der Waals surface area (Å²) in [5, 5.41) is 0. The van der Waals surface area contributed by atoms with Gasteiger partial charge in [0.05, 0.1) is 0 Å². The van der Waals surface area contributed by atoms with Crippen molar-refractivity contribution in [2.75, 3.05) is 0 Å². The fourth-order valence-corrected chi connectivity index (χ4v) is 2.27. The molecule has 0 radical (unpaired) electrons. The largest absolute Gasteiger partial charge is 0.265 e. The van der Waals surface area contributed by atoms with E-state index in [2.05, 4.69) is 52.4 Å². The van der Waals surface area contributed by atoms with E-state index in [1.807, 2.05) is 43.0 Å². The molecule has 0 spiro atoms. The van der Waals surface area contributed by atoms with Crippen LogP contribution in [0.4, 0.5) is 0 Å². The van der Waals surface area contributed by atoms with Crippen LogP contribution in [0.2, 0.25) is 0 Å². The summed E-state index contributed by atoms with van der Waals surface area (Å²) in [7, 11) is 0. The smallest absolute Gasteiger partial charge is 0.0273 e. The minimum absolute atomic E-state index is 0.884. The van der Waals surface area contributed by atoms with Crippen LogP contribution in [0.1, 0.15) is 16.7 Å². The molecule has 0 fully saturated rings. The average Bonchev–Trinajstić information content (AvgIpc) is 2.57.